The van der Waals surface area contributed by atoms with E-state index in [1.54, 1.807) is 0 Å². The number of ether oxygens (including phenoxy) is 1. The quantitative estimate of drug-likeness (QED) is 0.814. The van der Waals surface area contributed by atoms with E-state index in [1.807, 2.05) is 6.92 Å². The van der Waals surface area contributed by atoms with E-state index in [4.69, 9.17) is 22.1 Å². The van der Waals surface area contributed by atoms with E-state index in [1.165, 1.54) is 18.2 Å². The Hall–Kier alpha value is -0.820. The van der Waals surface area contributed by atoms with Crippen molar-refractivity contribution in [2.75, 3.05) is 18.9 Å². The number of benzene rings is 1. The normalized spacial score (nSPS) is 23.1. The Morgan fingerprint density at radius 1 is 1.50 bits per heavy atom. The van der Waals surface area contributed by atoms with Gasteiger partial charge in [0.2, 0.25) is 10.0 Å². The Morgan fingerprint density at radius 2 is 2.25 bits per heavy atom. The van der Waals surface area contributed by atoms with Crippen molar-refractivity contribution in [2.24, 2.45) is 5.92 Å². The van der Waals surface area contributed by atoms with Crippen LogP contribution in [0.5, 0.6) is 0 Å². The first-order valence-electron chi connectivity index (χ1n) is 6.60. The van der Waals surface area contributed by atoms with Crippen molar-refractivity contribution < 1.29 is 13.2 Å². The molecule has 1 heterocycles. The van der Waals surface area contributed by atoms with Gasteiger partial charge in [-0.1, -0.05) is 18.5 Å². The minimum absolute atomic E-state index is 0.0638. The summed E-state index contributed by atoms with van der Waals surface area (Å²) in [6.45, 7) is 3.09. The van der Waals surface area contributed by atoms with Crippen molar-refractivity contribution in [3.8, 4) is 0 Å². The molecule has 1 aliphatic heterocycles. The fourth-order valence-electron chi connectivity index (χ4n) is 2.44. The average Bonchev–Trinajstić information content (AvgIpc) is 2.83. The maximum Gasteiger partial charge on any atom is 0.242 e. The maximum absolute atomic E-state index is 12.2. The first kappa shape index (κ1) is 15.6. The average molecular weight is 319 g/mol. The number of nitrogen functional groups attached to an aromatic ring is 1. The predicted molar refractivity (Wildman–Crippen MR) is 79.2 cm³/mol. The molecule has 7 heteroatoms. The molecule has 2 atom stereocenters. The number of hydrogen-bond donors (Lipinski definition) is 2. The van der Waals surface area contributed by atoms with E-state index in [-0.39, 0.29) is 22.6 Å². The van der Waals surface area contributed by atoms with Crippen LogP contribution in [0.1, 0.15) is 19.8 Å². The second-order valence-corrected chi connectivity index (χ2v) is 7.07. The Kier molecular flexibility index (Phi) is 4.90. The van der Waals surface area contributed by atoms with Gasteiger partial charge < -0.3 is 10.5 Å². The molecule has 1 aromatic rings. The van der Waals surface area contributed by atoms with Gasteiger partial charge in [0.05, 0.1) is 11.8 Å². The third-order valence-electron chi connectivity index (χ3n) is 3.55. The number of nitrogens with one attached hydrogen (secondary N) is 1. The minimum Gasteiger partial charge on any atom is -0.398 e. The summed E-state index contributed by atoms with van der Waals surface area (Å²) in [5, 5.41) is 0.414. The van der Waals surface area contributed by atoms with Gasteiger partial charge in [0.15, 0.2) is 0 Å². The third kappa shape index (κ3) is 3.44. The summed E-state index contributed by atoms with van der Waals surface area (Å²) in [6.07, 6.45) is 1.88. The second-order valence-electron chi connectivity index (χ2n) is 4.90. The molecule has 5 nitrogen and oxygen atoms in total. The molecular weight excluding hydrogens is 300 g/mol. The van der Waals surface area contributed by atoms with Gasteiger partial charge in [-0.25, -0.2) is 13.1 Å². The molecule has 0 aromatic heterocycles. The molecule has 3 N–H and O–H groups in total. The molecule has 0 saturated carbocycles. The lowest BCUT2D eigenvalue weighted by Crippen LogP contribution is -2.33. The number of halogens is 1. The summed E-state index contributed by atoms with van der Waals surface area (Å²) in [6, 6.07) is 4.37. The van der Waals surface area contributed by atoms with Crippen LogP contribution < -0.4 is 10.5 Å². The zero-order valence-corrected chi connectivity index (χ0v) is 12.9. The largest absolute Gasteiger partial charge is 0.398 e. The second kappa shape index (κ2) is 6.30. The van der Waals surface area contributed by atoms with Crippen molar-refractivity contribution in [1.29, 1.82) is 0 Å². The predicted octanol–water partition coefficient (Wildman–Crippen LogP) is 2.02. The third-order valence-corrected chi connectivity index (χ3v) is 5.28. The summed E-state index contributed by atoms with van der Waals surface area (Å²) >= 11 is 5.77. The Bertz CT molecular complexity index is 577. The van der Waals surface area contributed by atoms with Crippen LogP contribution in [0.2, 0.25) is 5.02 Å². The molecule has 0 bridgehead atoms. The first-order valence-corrected chi connectivity index (χ1v) is 8.46. The van der Waals surface area contributed by atoms with Gasteiger partial charge in [0.1, 0.15) is 4.90 Å². The van der Waals surface area contributed by atoms with Crippen LogP contribution in [0.15, 0.2) is 23.1 Å². The van der Waals surface area contributed by atoms with E-state index in [0.29, 0.717) is 18.2 Å². The molecule has 2 unspecified atom stereocenters. The summed E-state index contributed by atoms with van der Waals surface area (Å²) in [4.78, 5) is 0.0638. The van der Waals surface area contributed by atoms with Gasteiger partial charge in [-0.2, -0.15) is 0 Å². The molecule has 20 heavy (non-hydrogen) atoms. The van der Waals surface area contributed by atoms with E-state index < -0.39 is 10.0 Å². The first-order chi connectivity index (χ1) is 9.44. The highest BCUT2D eigenvalue weighted by molar-refractivity contribution is 7.89. The zero-order valence-electron chi connectivity index (χ0n) is 11.3. The van der Waals surface area contributed by atoms with Crippen LogP contribution >= 0.6 is 11.6 Å². The van der Waals surface area contributed by atoms with Crippen molar-refractivity contribution in [3.63, 3.8) is 0 Å². The van der Waals surface area contributed by atoms with Gasteiger partial charge >= 0.3 is 0 Å². The van der Waals surface area contributed by atoms with Gasteiger partial charge in [-0.3, -0.25) is 0 Å². The summed E-state index contributed by atoms with van der Waals surface area (Å²) < 4.78 is 32.6. The Balaban J connectivity index is 2.07. The molecular formula is C13H19ClN2O3S. The topological polar surface area (TPSA) is 81.4 Å². The molecule has 2 rings (SSSR count). The van der Waals surface area contributed by atoms with Crippen molar-refractivity contribution >= 4 is 27.3 Å². The van der Waals surface area contributed by atoms with Crippen molar-refractivity contribution in [3.05, 3.63) is 23.2 Å². The molecule has 1 saturated heterocycles. The van der Waals surface area contributed by atoms with Crippen molar-refractivity contribution in [2.45, 2.75) is 30.8 Å². The fraction of sp³-hybridized carbons (Fsp3) is 0.538. The number of sulfonamides is 1. The van der Waals surface area contributed by atoms with Crippen LogP contribution in [-0.4, -0.2) is 27.7 Å². The number of anilines is 1. The standard InChI is InChI=1S/C13H19ClN2O3S/c1-2-12-9(5-6-19-12)8-16-20(17,18)13-4-3-10(14)7-11(13)15/h3-4,7,9,12,16H,2,5-6,8,15H2,1H3. The smallest absolute Gasteiger partial charge is 0.242 e. The number of hydrogen-bond acceptors (Lipinski definition) is 4. The highest BCUT2D eigenvalue weighted by Crippen LogP contribution is 2.25. The van der Waals surface area contributed by atoms with Crippen LogP contribution in [0.3, 0.4) is 0 Å². The molecule has 0 spiro atoms. The number of rotatable bonds is 5. The lowest BCUT2D eigenvalue weighted by Gasteiger charge is -2.17. The highest BCUT2D eigenvalue weighted by atomic mass is 35.5. The van der Waals surface area contributed by atoms with E-state index >= 15 is 0 Å². The molecule has 1 aliphatic rings. The minimum atomic E-state index is -3.62. The molecule has 1 fully saturated rings. The fourth-order valence-corrected chi connectivity index (χ4v) is 3.82. The SMILES string of the molecule is CCC1OCCC1CNS(=O)(=O)c1ccc(Cl)cc1N. The molecule has 112 valence electrons. The Morgan fingerprint density at radius 3 is 2.90 bits per heavy atom. The van der Waals surface area contributed by atoms with Gasteiger partial charge in [0.25, 0.3) is 0 Å². The van der Waals surface area contributed by atoms with Crippen LogP contribution in [0.25, 0.3) is 0 Å². The number of nitrogens with two attached hydrogens (primary N) is 1. The summed E-state index contributed by atoms with van der Waals surface area (Å²) in [5.74, 6) is 0.211. The van der Waals surface area contributed by atoms with Gasteiger partial charge in [-0.15, -0.1) is 0 Å². The lowest BCUT2D eigenvalue weighted by atomic mass is 10.0. The summed E-state index contributed by atoms with van der Waals surface area (Å²) in [7, 11) is -3.62. The van der Waals surface area contributed by atoms with Gasteiger partial charge in [0, 0.05) is 24.1 Å². The van der Waals surface area contributed by atoms with E-state index in [0.717, 1.165) is 12.8 Å². The lowest BCUT2D eigenvalue weighted by molar-refractivity contribution is 0.0884. The van der Waals surface area contributed by atoms with Crippen LogP contribution in [0.4, 0.5) is 5.69 Å². The van der Waals surface area contributed by atoms with Crippen LogP contribution in [-0.2, 0) is 14.8 Å². The van der Waals surface area contributed by atoms with Crippen molar-refractivity contribution in [1.82, 2.24) is 4.72 Å². The van der Waals surface area contributed by atoms with E-state index in [9.17, 15) is 8.42 Å². The maximum atomic E-state index is 12.2. The van der Waals surface area contributed by atoms with Gasteiger partial charge in [-0.05, 0) is 31.0 Å². The zero-order chi connectivity index (χ0) is 14.8. The van der Waals surface area contributed by atoms with E-state index in [2.05, 4.69) is 4.72 Å². The molecule has 0 radical (unpaired) electrons. The Labute approximate surface area is 124 Å². The molecule has 1 aromatic carbocycles. The summed E-state index contributed by atoms with van der Waals surface area (Å²) in [5.41, 5.74) is 5.87. The molecule has 0 aliphatic carbocycles. The monoisotopic (exact) mass is 318 g/mol. The molecule has 0 amide bonds. The van der Waals surface area contributed by atoms with Crippen LogP contribution in [0, 0.1) is 5.92 Å². The highest BCUT2D eigenvalue weighted by Gasteiger charge is 2.28.